The predicted octanol–water partition coefficient (Wildman–Crippen LogP) is 3.48. The maximum atomic E-state index is 12.9. The summed E-state index contributed by atoms with van der Waals surface area (Å²) in [5, 5.41) is 6.04. The molecule has 4 rings (SSSR count). The second-order valence-electron chi connectivity index (χ2n) is 6.86. The van der Waals surface area contributed by atoms with Crippen LogP contribution in [0.4, 0.5) is 10.8 Å². The van der Waals surface area contributed by atoms with Gasteiger partial charge in [-0.05, 0) is 49.6 Å². The Morgan fingerprint density at radius 3 is 2.83 bits per heavy atom. The Kier molecular flexibility index (Phi) is 5.30. The fraction of sp³-hybridized carbons (Fsp3) is 0.300. The van der Waals surface area contributed by atoms with Gasteiger partial charge < -0.3 is 20.0 Å². The molecule has 1 saturated heterocycles. The standard InChI is InChI=1S/C20H20N4O4S/c1-12(25)21-13-7-8-14-17(11-13)29-20(22-14)23-18(26)15-5-2-3-9-24(15)19(27)16-6-4-10-28-16/h4,6-8,10-11,15H,2-3,5,9H2,1H3,(H,21,25)(H,22,23,26). The molecule has 2 N–H and O–H groups in total. The minimum absolute atomic E-state index is 0.152. The highest BCUT2D eigenvalue weighted by Crippen LogP contribution is 2.29. The number of fused-ring (bicyclic) bond motifs is 1. The Hall–Kier alpha value is -3.20. The number of anilines is 2. The summed E-state index contributed by atoms with van der Waals surface area (Å²) >= 11 is 1.32. The Labute approximate surface area is 170 Å². The first-order valence-corrected chi connectivity index (χ1v) is 10.2. The van der Waals surface area contributed by atoms with Gasteiger partial charge in [0.15, 0.2) is 10.9 Å². The summed E-state index contributed by atoms with van der Waals surface area (Å²) in [5.41, 5.74) is 1.40. The van der Waals surface area contributed by atoms with Gasteiger partial charge in [-0.2, -0.15) is 0 Å². The Bertz CT molecular complexity index is 1060. The molecule has 0 bridgehead atoms. The van der Waals surface area contributed by atoms with Crippen molar-refractivity contribution < 1.29 is 18.8 Å². The first-order valence-electron chi connectivity index (χ1n) is 9.35. The van der Waals surface area contributed by atoms with E-state index >= 15 is 0 Å². The average molecular weight is 412 g/mol. The monoisotopic (exact) mass is 412 g/mol. The number of nitrogens with one attached hydrogen (secondary N) is 2. The number of carbonyl (C=O) groups is 3. The number of hydrogen-bond acceptors (Lipinski definition) is 6. The SMILES string of the molecule is CC(=O)Nc1ccc2nc(NC(=O)C3CCCCN3C(=O)c3ccco3)sc2c1. The molecule has 1 fully saturated rings. The van der Waals surface area contributed by atoms with Crippen LogP contribution in [0.2, 0.25) is 0 Å². The van der Waals surface area contributed by atoms with Gasteiger partial charge in [0.25, 0.3) is 5.91 Å². The molecule has 1 atom stereocenters. The third-order valence-electron chi connectivity index (χ3n) is 4.74. The summed E-state index contributed by atoms with van der Waals surface area (Å²) < 4.78 is 6.06. The van der Waals surface area contributed by atoms with Crippen LogP contribution < -0.4 is 10.6 Å². The van der Waals surface area contributed by atoms with Crippen LogP contribution in [0.3, 0.4) is 0 Å². The number of aromatic nitrogens is 1. The molecule has 150 valence electrons. The highest BCUT2D eigenvalue weighted by molar-refractivity contribution is 7.22. The maximum absolute atomic E-state index is 12.9. The molecular weight excluding hydrogens is 392 g/mol. The fourth-order valence-electron chi connectivity index (χ4n) is 3.44. The number of nitrogens with zero attached hydrogens (tertiary/aromatic N) is 2. The molecule has 9 heteroatoms. The van der Waals surface area contributed by atoms with Gasteiger partial charge in [-0.25, -0.2) is 4.98 Å². The molecule has 3 heterocycles. The lowest BCUT2D eigenvalue weighted by molar-refractivity contribution is -0.121. The highest BCUT2D eigenvalue weighted by Gasteiger charge is 2.34. The van der Waals surface area contributed by atoms with E-state index in [9.17, 15) is 14.4 Å². The largest absolute Gasteiger partial charge is 0.459 e. The number of amides is 3. The molecule has 29 heavy (non-hydrogen) atoms. The van der Waals surface area contributed by atoms with E-state index in [4.69, 9.17) is 4.42 Å². The molecule has 0 aliphatic carbocycles. The van der Waals surface area contributed by atoms with Crippen molar-refractivity contribution in [3.05, 3.63) is 42.4 Å². The Balaban J connectivity index is 1.51. The van der Waals surface area contributed by atoms with Crippen LogP contribution >= 0.6 is 11.3 Å². The summed E-state index contributed by atoms with van der Waals surface area (Å²) in [6, 6.07) is 8.06. The molecule has 0 saturated carbocycles. The molecular formula is C20H20N4O4S. The quantitative estimate of drug-likeness (QED) is 0.683. The number of carbonyl (C=O) groups excluding carboxylic acids is 3. The van der Waals surface area contributed by atoms with E-state index in [-0.39, 0.29) is 23.5 Å². The zero-order chi connectivity index (χ0) is 20.4. The number of benzene rings is 1. The first kappa shape index (κ1) is 19.1. The van der Waals surface area contributed by atoms with E-state index in [1.165, 1.54) is 24.5 Å². The lowest BCUT2D eigenvalue weighted by atomic mass is 10.0. The van der Waals surface area contributed by atoms with Gasteiger partial charge in [-0.1, -0.05) is 11.3 Å². The van der Waals surface area contributed by atoms with Crippen molar-refractivity contribution in [1.82, 2.24) is 9.88 Å². The Morgan fingerprint density at radius 2 is 2.07 bits per heavy atom. The molecule has 2 aromatic heterocycles. The number of furan rings is 1. The average Bonchev–Trinajstić information content (AvgIpc) is 3.36. The third-order valence-corrected chi connectivity index (χ3v) is 5.67. The van der Waals surface area contributed by atoms with E-state index in [0.29, 0.717) is 23.8 Å². The fourth-order valence-corrected chi connectivity index (χ4v) is 4.34. The summed E-state index contributed by atoms with van der Waals surface area (Å²) in [6.07, 6.45) is 3.77. The number of likely N-dealkylation sites (tertiary alicyclic amines) is 1. The van der Waals surface area contributed by atoms with Crippen molar-refractivity contribution in [2.24, 2.45) is 0 Å². The van der Waals surface area contributed by atoms with E-state index in [2.05, 4.69) is 15.6 Å². The van der Waals surface area contributed by atoms with E-state index in [1.807, 2.05) is 6.07 Å². The summed E-state index contributed by atoms with van der Waals surface area (Å²) in [6.45, 7) is 1.96. The smallest absolute Gasteiger partial charge is 0.290 e. The highest BCUT2D eigenvalue weighted by atomic mass is 32.1. The third kappa shape index (κ3) is 4.14. The molecule has 0 radical (unpaired) electrons. The summed E-state index contributed by atoms with van der Waals surface area (Å²) in [5.74, 6) is -0.457. The van der Waals surface area contributed by atoms with Crippen LogP contribution in [0.1, 0.15) is 36.7 Å². The van der Waals surface area contributed by atoms with Crippen LogP contribution in [0.15, 0.2) is 41.0 Å². The second kappa shape index (κ2) is 8.04. The molecule has 1 aromatic carbocycles. The van der Waals surface area contributed by atoms with Crippen LogP contribution in [0.25, 0.3) is 10.2 Å². The van der Waals surface area contributed by atoms with Crippen molar-refractivity contribution in [2.75, 3.05) is 17.2 Å². The number of piperidine rings is 1. The van der Waals surface area contributed by atoms with Crippen LogP contribution in [0, 0.1) is 0 Å². The molecule has 1 aliphatic heterocycles. The zero-order valence-electron chi connectivity index (χ0n) is 15.8. The van der Waals surface area contributed by atoms with E-state index in [1.54, 1.807) is 29.2 Å². The lowest BCUT2D eigenvalue weighted by Gasteiger charge is -2.33. The van der Waals surface area contributed by atoms with Crippen molar-refractivity contribution in [3.63, 3.8) is 0 Å². The first-order chi connectivity index (χ1) is 14.0. The molecule has 1 aliphatic rings. The lowest BCUT2D eigenvalue weighted by Crippen LogP contribution is -2.49. The van der Waals surface area contributed by atoms with Crippen molar-refractivity contribution in [1.29, 1.82) is 0 Å². The summed E-state index contributed by atoms with van der Waals surface area (Å²) in [7, 11) is 0. The molecule has 1 unspecified atom stereocenters. The zero-order valence-corrected chi connectivity index (χ0v) is 16.6. The van der Waals surface area contributed by atoms with Crippen molar-refractivity contribution >= 4 is 50.1 Å². The van der Waals surface area contributed by atoms with Crippen LogP contribution in [-0.2, 0) is 9.59 Å². The van der Waals surface area contributed by atoms with Crippen LogP contribution in [-0.4, -0.2) is 40.2 Å². The van der Waals surface area contributed by atoms with E-state index in [0.717, 1.165) is 23.1 Å². The van der Waals surface area contributed by atoms with Gasteiger partial charge in [-0.15, -0.1) is 0 Å². The van der Waals surface area contributed by atoms with Gasteiger partial charge in [0.1, 0.15) is 6.04 Å². The maximum Gasteiger partial charge on any atom is 0.290 e. The summed E-state index contributed by atoms with van der Waals surface area (Å²) in [4.78, 5) is 42.9. The predicted molar refractivity (Wildman–Crippen MR) is 110 cm³/mol. The molecule has 0 spiro atoms. The minimum atomic E-state index is -0.566. The number of hydrogen-bond donors (Lipinski definition) is 2. The number of thiazole rings is 1. The van der Waals surface area contributed by atoms with E-state index < -0.39 is 6.04 Å². The molecule has 3 amide bonds. The Morgan fingerprint density at radius 1 is 1.21 bits per heavy atom. The topological polar surface area (TPSA) is 105 Å². The van der Waals surface area contributed by atoms with Crippen molar-refractivity contribution in [2.45, 2.75) is 32.2 Å². The molecule has 8 nitrogen and oxygen atoms in total. The van der Waals surface area contributed by atoms with Crippen LogP contribution in [0.5, 0.6) is 0 Å². The van der Waals surface area contributed by atoms with Gasteiger partial charge in [0.2, 0.25) is 11.8 Å². The second-order valence-corrected chi connectivity index (χ2v) is 7.89. The van der Waals surface area contributed by atoms with Crippen molar-refractivity contribution in [3.8, 4) is 0 Å². The van der Waals surface area contributed by atoms with Gasteiger partial charge in [0.05, 0.1) is 16.5 Å². The van der Waals surface area contributed by atoms with Gasteiger partial charge >= 0.3 is 0 Å². The van der Waals surface area contributed by atoms with Gasteiger partial charge in [-0.3, -0.25) is 14.4 Å². The minimum Gasteiger partial charge on any atom is -0.459 e. The number of rotatable bonds is 4. The normalized spacial score (nSPS) is 16.6. The van der Waals surface area contributed by atoms with Gasteiger partial charge in [0, 0.05) is 19.2 Å². The molecule has 3 aromatic rings.